The lowest BCUT2D eigenvalue weighted by Crippen LogP contribution is -2.35. The molecule has 1 saturated carbocycles. The third-order valence-corrected chi connectivity index (χ3v) is 7.69. The van der Waals surface area contributed by atoms with E-state index in [1.807, 2.05) is 12.1 Å². The zero-order valence-corrected chi connectivity index (χ0v) is 15.0. The highest BCUT2D eigenvalue weighted by molar-refractivity contribution is 8.18. The lowest BCUT2D eigenvalue weighted by atomic mass is 9.80. The Morgan fingerprint density at radius 3 is 2.08 bits per heavy atom. The smallest absolute Gasteiger partial charge is 0.172 e. The molecule has 1 aliphatic carbocycles. The van der Waals surface area contributed by atoms with Crippen LogP contribution in [0.5, 0.6) is 0 Å². The number of carbonyl (C=O) groups excluding carboxylic acids is 1. The Hall–Kier alpha value is -1.23. The van der Waals surface area contributed by atoms with Gasteiger partial charge in [0.15, 0.2) is 4.27 Å². The molecule has 0 N–H and O–H groups in total. The molecule has 4 heteroatoms. The van der Waals surface area contributed by atoms with E-state index in [1.165, 1.54) is 9.79 Å². The van der Waals surface area contributed by atoms with Crippen molar-refractivity contribution in [2.24, 2.45) is 11.8 Å². The van der Waals surface area contributed by atoms with E-state index in [9.17, 15) is 4.79 Å². The Bertz CT molecular complexity index is 661. The van der Waals surface area contributed by atoms with Crippen LogP contribution in [0.15, 0.2) is 70.5 Å². The Labute approximate surface area is 151 Å². The molecular weight excluding hydrogens is 336 g/mol. The second kappa shape index (κ2) is 6.95. The van der Waals surface area contributed by atoms with E-state index in [1.54, 1.807) is 23.5 Å². The molecule has 2 nitrogen and oxygen atoms in total. The van der Waals surface area contributed by atoms with E-state index >= 15 is 0 Å². The largest absolute Gasteiger partial charge is 0.353 e. The van der Waals surface area contributed by atoms with E-state index < -0.39 is 4.27 Å². The van der Waals surface area contributed by atoms with Gasteiger partial charge >= 0.3 is 0 Å². The van der Waals surface area contributed by atoms with Crippen LogP contribution in [0.1, 0.15) is 19.3 Å². The van der Waals surface area contributed by atoms with Gasteiger partial charge in [-0.15, -0.1) is 0 Å². The second-order valence-electron chi connectivity index (χ2n) is 6.32. The van der Waals surface area contributed by atoms with Crippen LogP contribution in [-0.2, 0) is 9.53 Å². The van der Waals surface area contributed by atoms with Gasteiger partial charge in [-0.1, -0.05) is 59.9 Å². The molecule has 2 aromatic carbocycles. The van der Waals surface area contributed by atoms with Crippen LogP contribution in [0.4, 0.5) is 0 Å². The molecule has 1 aliphatic heterocycles. The number of hydrogen-bond acceptors (Lipinski definition) is 4. The molecule has 0 bridgehead atoms. The first kappa shape index (κ1) is 16.2. The average molecular weight is 357 g/mol. The molecule has 2 atom stereocenters. The summed E-state index contributed by atoms with van der Waals surface area (Å²) in [6.07, 6.45) is 2.76. The third-order valence-electron chi connectivity index (χ3n) is 4.76. The molecule has 1 heterocycles. The number of rotatable bonds is 4. The molecule has 2 fully saturated rings. The van der Waals surface area contributed by atoms with Gasteiger partial charge in [-0.05, 0) is 37.1 Å². The first-order valence-electron chi connectivity index (χ1n) is 8.42. The Balaban J connectivity index is 1.68. The summed E-state index contributed by atoms with van der Waals surface area (Å²) in [5, 5.41) is 0. The van der Waals surface area contributed by atoms with Gasteiger partial charge in [0, 0.05) is 28.0 Å². The van der Waals surface area contributed by atoms with Crippen LogP contribution in [-0.4, -0.2) is 16.7 Å². The fourth-order valence-electron chi connectivity index (χ4n) is 3.59. The molecule has 24 heavy (non-hydrogen) atoms. The molecule has 0 amide bonds. The van der Waals surface area contributed by atoms with Crippen molar-refractivity contribution in [2.75, 3.05) is 6.61 Å². The average Bonchev–Trinajstić information content (AvgIpc) is 2.96. The summed E-state index contributed by atoms with van der Waals surface area (Å²) in [5.74, 6) is 0.718. The lowest BCUT2D eigenvalue weighted by Gasteiger charge is -2.36. The predicted octanol–water partition coefficient (Wildman–Crippen LogP) is 5.24. The van der Waals surface area contributed by atoms with Gasteiger partial charge in [0.2, 0.25) is 0 Å². The highest BCUT2D eigenvalue weighted by atomic mass is 32.2. The fraction of sp³-hybridized carbons (Fsp3) is 0.350. The fourth-order valence-corrected chi connectivity index (χ4v) is 6.70. The number of Topliss-reactive ketones (excluding diaryl/α,β-unsaturated/α-hetero) is 1. The molecular formula is C20H20O2S2. The van der Waals surface area contributed by atoms with Crippen molar-refractivity contribution in [2.45, 2.75) is 33.3 Å². The maximum absolute atomic E-state index is 12.4. The number of hydrogen-bond donors (Lipinski definition) is 0. The maximum Gasteiger partial charge on any atom is 0.172 e. The summed E-state index contributed by atoms with van der Waals surface area (Å²) in [6.45, 7) is 0.559. The summed E-state index contributed by atoms with van der Waals surface area (Å²) < 4.78 is 5.96. The Morgan fingerprint density at radius 2 is 1.50 bits per heavy atom. The van der Waals surface area contributed by atoms with Gasteiger partial charge in [-0.25, -0.2) is 0 Å². The van der Waals surface area contributed by atoms with Crippen LogP contribution in [0.2, 0.25) is 0 Å². The maximum atomic E-state index is 12.4. The number of carbonyl (C=O) groups is 1. The summed E-state index contributed by atoms with van der Waals surface area (Å²) in [5.41, 5.74) is 0. The van der Waals surface area contributed by atoms with Crippen molar-refractivity contribution < 1.29 is 9.53 Å². The van der Waals surface area contributed by atoms with Crippen molar-refractivity contribution in [1.29, 1.82) is 0 Å². The summed E-state index contributed by atoms with van der Waals surface area (Å²) in [6, 6.07) is 20.8. The molecule has 0 spiro atoms. The minimum atomic E-state index is -0.413. The van der Waals surface area contributed by atoms with Crippen LogP contribution in [0, 0.1) is 11.8 Å². The van der Waals surface area contributed by atoms with E-state index in [0.29, 0.717) is 18.8 Å². The van der Waals surface area contributed by atoms with Gasteiger partial charge in [0.05, 0.1) is 6.61 Å². The second-order valence-corrected chi connectivity index (χ2v) is 9.14. The minimum Gasteiger partial charge on any atom is -0.353 e. The van der Waals surface area contributed by atoms with Crippen molar-refractivity contribution in [3.8, 4) is 0 Å². The normalized spacial score (nSPS) is 25.4. The summed E-state index contributed by atoms with van der Waals surface area (Å²) in [4.78, 5) is 14.8. The summed E-state index contributed by atoms with van der Waals surface area (Å²) in [7, 11) is 0. The number of benzene rings is 2. The Kier molecular flexibility index (Phi) is 4.70. The van der Waals surface area contributed by atoms with Crippen molar-refractivity contribution >= 4 is 29.3 Å². The SMILES string of the molecule is O=C1CCC[C@@H]2[C@H]1COC2(Sc1ccccc1)Sc1ccccc1. The third kappa shape index (κ3) is 3.15. The molecule has 0 aromatic heterocycles. The highest BCUT2D eigenvalue weighted by Gasteiger charge is 2.54. The number of fused-ring (bicyclic) bond motifs is 1. The molecule has 0 unspecified atom stereocenters. The zero-order valence-electron chi connectivity index (χ0n) is 13.4. The van der Waals surface area contributed by atoms with Gasteiger partial charge < -0.3 is 4.74 Å². The van der Waals surface area contributed by atoms with Gasteiger partial charge in [-0.3, -0.25) is 4.79 Å². The minimum absolute atomic E-state index is 0.0613. The van der Waals surface area contributed by atoms with E-state index in [-0.39, 0.29) is 11.8 Å². The number of thioether (sulfide) groups is 2. The van der Waals surface area contributed by atoms with Crippen LogP contribution in [0.25, 0.3) is 0 Å². The molecule has 4 rings (SSSR count). The van der Waals surface area contributed by atoms with Crippen molar-refractivity contribution in [1.82, 2.24) is 0 Å². The van der Waals surface area contributed by atoms with Crippen LogP contribution < -0.4 is 0 Å². The molecule has 2 aromatic rings. The van der Waals surface area contributed by atoms with Gasteiger partial charge in [0.1, 0.15) is 5.78 Å². The van der Waals surface area contributed by atoms with E-state index in [0.717, 1.165) is 12.8 Å². The highest BCUT2D eigenvalue weighted by Crippen LogP contribution is 2.59. The van der Waals surface area contributed by atoms with Crippen molar-refractivity contribution in [3.05, 3.63) is 60.7 Å². The van der Waals surface area contributed by atoms with E-state index in [2.05, 4.69) is 48.5 Å². The van der Waals surface area contributed by atoms with Crippen LogP contribution in [0.3, 0.4) is 0 Å². The molecule has 0 radical (unpaired) electrons. The van der Waals surface area contributed by atoms with Gasteiger partial charge in [0.25, 0.3) is 0 Å². The lowest BCUT2D eigenvalue weighted by molar-refractivity contribution is -0.125. The monoisotopic (exact) mass is 356 g/mol. The number of ether oxygens (including phenoxy) is 1. The first-order chi connectivity index (χ1) is 11.8. The molecule has 124 valence electrons. The first-order valence-corrected chi connectivity index (χ1v) is 10.0. The predicted molar refractivity (Wildman–Crippen MR) is 99.1 cm³/mol. The molecule has 2 aliphatic rings. The Morgan fingerprint density at radius 1 is 0.917 bits per heavy atom. The zero-order chi connectivity index (χ0) is 16.4. The van der Waals surface area contributed by atoms with E-state index in [4.69, 9.17) is 4.74 Å². The van der Waals surface area contributed by atoms with Crippen LogP contribution >= 0.6 is 23.5 Å². The van der Waals surface area contributed by atoms with Gasteiger partial charge in [-0.2, -0.15) is 0 Å². The van der Waals surface area contributed by atoms with Crippen molar-refractivity contribution in [3.63, 3.8) is 0 Å². The quantitative estimate of drug-likeness (QED) is 0.700. The summed E-state index contributed by atoms with van der Waals surface area (Å²) >= 11 is 3.54. The standard InChI is InChI=1S/C20H20O2S2/c21-19-13-7-12-18-17(19)14-22-20(18,23-15-8-3-1-4-9-15)24-16-10-5-2-6-11-16/h1-6,8-11,17-18H,7,12-14H2/t17-,18-/m1/s1. The molecule has 1 saturated heterocycles. The topological polar surface area (TPSA) is 26.3 Å². The number of ketones is 1.